The molecule has 1 fully saturated rings. The Morgan fingerprint density at radius 3 is 1.85 bits per heavy atom. The third kappa shape index (κ3) is 6.88. The molecule has 1 aromatic heterocycles. The number of imidazole rings is 1. The summed E-state index contributed by atoms with van der Waals surface area (Å²) in [6.07, 6.45) is 3.83. The van der Waals surface area contributed by atoms with Gasteiger partial charge in [0.25, 0.3) is 5.91 Å². The molecule has 0 unspecified atom stereocenters. The van der Waals surface area contributed by atoms with Crippen LogP contribution in [0.1, 0.15) is 52.3 Å². The van der Waals surface area contributed by atoms with Crippen molar-refractivity contribution in [1.29, 1.82) is 0 Å². The van der Waals surface area contributed by atoms with Gasteiger partial charge in [-0.2, -0.15) is 0 Å². The molecule has 2 atom stereocenters. The fourth-order valence-electron chi connectivity index (χ4n) is 8.14. The van der Waals surface area contributed by atoms with E-state index < -0.39 is 35.6 Å². The highest BCUT2D eigenvalue weighted by atomic mass is 16.5. The number of rotatable bonds is 11. The predicted molar refractivity (Wildman–Crippen MR) is 208 cm³/mol. The molecule has 8 rings (SSSR count). The molecule has 0 saturated carbocycles. The molecule has 2 heterocycles. The normalized spacial score (nSPS) is 15.8. The molecule has 2 aliphatic rings. The van der Waals surface area contributed by atoms with Gasteiger partial charge in [-0.05, 0) is 51.8 Å². The lowest BCUT2D eigenvalue weighted by molar-refractivity contribution is -0.147. The smallest absolute Gasteiger partial charge is 0.407 e. The molecule has 55 heavy (non-hydrogen) atoms. The number of aromatic nitrogens is 2. The van der Waals surface area contributed by atoms with Gasteiger partial charge in [0.1, 0.15) is 24.2 Å². The number of hydrogen-bond acceptors (Lipinski definition) is 6. The largest absolute Gasteiger partial charge is 0.480 e. The zero-order valence-corrected chi connectivity index (χ0v) is 30.1. The maximum atomic E-state index is 14.2. The van der Waals surface area contributed by atoms with Crippen LogP contribution in [-0.2, 0) is 26.3 Å². The predicted octanol–water partition coefficient (Wildman–Crippen LogP) is 6.75. The van der Waals surface area contributed by atoms with E-state index in [1.807, 2.05) is 97.2 Å². The van der Waals surface area contributed by atoms with Crippen LogP contribution in [0.4, 0.5) is 4.79 Å². The van der Waals surface area contributed by atoms with Crippen LogP contribution in [0.15, 0.2) is 152 Å². The average molecular weight is 732 g/mol. The van der Waals surface area contributed by atoms with E-state index in [4.69, 9.17) is 9.72 Å². The number of carboxylic acid groups (broad SMARTS) is 1. The fourth-order valence-corrected chi connectivity index (χ4v) is 8.14. The number of nitrogens with one attached hydrogen (secondary N) is 2. The highest BCUT2D eigenvalue weighted by molar-refractivity contribution is 5.86. The average Bonchev–Trinajstić information content (AvgIpc) is 3.83. The maximum Gasteiger partial charge on any atom is 0.407 e. The van der Waals surface area contributed by atoms with Gasteiger partial charge in [0.05, 0.1) is 12.0 Å². The lowest BCUT2D eigenvalue weighted by Gasteiger charge is -2.37. The monoisotopic (exact) mass is 731 g/mol. The van der Waals surface area contributed by atoms with Crippen LogP contribution in [0.25, 0.3) is 11.1 Å². The molecule has 0 bridgehead atoms. The van der Waals surface area contributed by atoms with Crippen molar-refractivity contribution in [3.63, 3.8) is 0 Å². The van der Waals surface area contributed by atoms with E-state index in [1.165, 1.54) is 5.01 Å². The number of benzene rings is 5. The van der Waals surface area contributed by atoms with Crippen molar-refractivity contribution in [2.75, 3.05) is 13.2 Å². The molecule has 2 amide bonds. The summed E-state index contributed by atoms with van der Waals surface area (Å²) in [5.41, 5.74) is 9.98. The fraction of sp³-hybridized carbons (Fsp3) is 0.200. The minimum absolute atomic E-state index is 0.0282. The van der Waals surface area contributed by atoms with E-state index in [2.05, 4.69) is 63.8 Å². The van der Waals surface area contributed by atoms with Gasteiger partial charge < -0.3 is 19.7 Å². The molecule has 1 aliphatic heterocycles. The van der Waals surface area contributed by atoms with Crippen molar-refractivity contribution in [2.24, 2.45) is 0 Å². The summed E-state index contributed by atoms with van der Waals surface area (Å²) in [5, 5.41) is 13.9. The van der Waals surface area contributed by atoms with E-state index in [0.717, 1.165) is 38.9 Å². The van der Waals surface area contributed by atoms with E-state index >= 15 is 0 Å². The number of amides is 2. The summed E-state index contributed by atoms with van der Waals surface area (Å²) in [6.45, 7) is 0.366. The van der Waals surface area contributed by atoms with Gasteiger partial charge >= 0.3 is 12.1 Å². The Morgan fingerprint density at radius 1 is 0.782 bits per heavy atom. The molecule has 10 heteroatoms. The Labute approximate surface area is 319 Å². The van der Waals surface area contributed by atoms with E-state index in [9.17, 15) is 19.5 Å². The number of alkyl carbamates (subject to hydrolysis) is 1. The standard InChI is InChI=1S/C45H41N5O5/c51-42(50-26-14-25-40(48-50)43(52)53)41(47-44(54)55-29-39-37-23-12-10-21-35(37)36-22-11-13-24-38(36)39)27-34-28-49(30-46-34)45(31-15-4-1-5-16-31,32-17-6-2-7-18-32)33-19-8-3-9-20-33/h1-13,15-24,28,30,39-41,48H,14,25-27,29H2,(H,47,54)(H,52,53)/t40-,41-/m0/s1. The quantitative estimate of drug-likeness (QED) is 0.126. The molecule has 0 spiro atoms. The molecule has 1 aliphatic carbocycles. The number of fused-ring (bicyclic) bond motifs is 3. The second-order valence-corrected chi connectivity index (χ2v) is 14.0. The highest BCUT2D eigenvalue weighted by Crippen LogP contribution is 2.45. The molecule has 1 saturated heterocycles. The van der Waals surface area contributed by atoms with Gasteiger partial charge in [0, 0.05) is 25.1 Å². The van der Waals surface area contributed by atoms with Gasteiger partial charge in [-0.3, -0.25) is 14.6 Å². The molecule has 6 aromatic rings. The first-order valence-electron chi connectivity index (χ1n) is 18.5. The van der Waals surface area contributed by atoms with Crippen LogP contribution in [0.2, 0.25) is 0 Å². The van der Waals surface area contributed by atoms with Gasteiger partial charge in [-0.1, -0.05) is 140 Å². The van der Waals surface area contributed by atoms with Gasteiger partial charge in [-0.15, -0.1) is 0 Å². The molecule has 5 aromatic carbocycles. The zero-order valence-electron chi connectivity index (χ0n) is 30.1. The summed E-state index contributed by atoms with van der Waals surface area (Å²) < 4.78 is 7.93. The summed E-state index contributed by atoms with van der Waals surface area (Å²) >= 11 is 0. The molecular formula is C45H41N5O5. The third-order valence-electron chi connectivity index (χ3n) is 10.7. The topological polar surface area (TPSA) is 126 Å². The molecule has 276 valence electrons. The van der Waals surface area contributed by atoms with Crippen molar-refractivity contribution < 1.29 is 24.2 Å². The number of hydrazine groups is 1. The number of aliphatic carboxylic acids is 1. The van der Waals surface area contributed by atoms with E-state index in [-0.39, 0.29) is 18.9 Å². The van der Waals surface area contributed by atoms with Crippen molar-refractivity contribution in [3.05, 3.63) is 186 Å². The lowest BCUT2D eigenvalue weighted by atomic mass is 9.77. The number of hydrogen-bond donors (Lipinski definition) is 3. The molecule has 3 N–H and O–H groups in total. The zero-order chi connectivity index (χ0) is 37.8. The van der Waals surface area contributed by atoms with Crippen LogP contribution < -0.4 is 10.7 Å². The molecule has 10 nitrogen and oxygen atoms in total. The van der Waals surface area contributed by atoms with Gasteiger partial charge in [0.2, 0.25) is 0 Å². The second kappa shape index (κ2) is 15.5. The summed E-state index contributed by atoms with van der Waals surface area (Å²) in [6, 6.07) is 44.7. The van der Waals surface area contributed by atoms with Crippen LogP contribution in [-0.4, -0.2) is 62.9 Å². The Bertz CT molecular complexity index is 2150. The number of carboxylic acids is 1. The minimum Gasteiger partial charge on any atom is -0.480 e. The van der Waals surface area contributed by atoms with Crippen LogP contribution in [0, 0.1) is 0 Å². The number of nitrogens with zero attached hydrogens (tertiary/aromatic N) is 3. The van der Waals surface area contributed by atoms with E-state index in [1.54, 1.807) is 6.33 Å². The van der Waals surface area contributed by atoms with Crippen LogP contribution in [0.3, 0.4) is 0 Å². The Kier molecular flexibility index (Phi) is 9.97. The van der Waals surface area contributed by atoms with E-state index in [0.29, 0.717) is 25.1 Å². The highest BCUT2D eigenvalue weighted by Gasteiger charge is 2.39. The Balaban J connectivity index is 1.11. The van der Waals surface area contributed by atoms with Gasteiger partial charge in [0.15, 0.2) is 0 Å². The summed E-state index contributed by atoms with van der Waals surface area (Å²) in [7, 11) is 0. The second-order valence-electron chi connectivity index (χ2n) is 14.0. The van der Waals surface area contributed by atoms with Crippen molar-refractivity contribution in [1.82, 2.24) is 25.3 Å². The van der Waals surface area contributed by atoms with Crippen LogP contribution >= 0.6 is 0 Å². The van der Waals surface area contributed by atoms with Crippen molar-refractivity contribution in [2.45, 2.75) is 42.8 Å². The summed E-state index contributed by atoms with van der Waals surface area (Å²) in [4.78, 5) is 44.6. The maximum absolute atomic E-state index is 14.2. The first kappa shape index (κ1) is 35.5. The molecule has 0 radical (unpaired) electrons. The first-order chi connectivity index (χ1) is 26.9. The van der Waals surface area contributed by atoms with Crippen molar-refractivity contribution >= 4 is 18.0 Å². The third-order valence-corrected chi connectivity index (χ3v) is 10.7. The summed E-state index contributed by atoms with van der Waals surface area (Å²) in [5.74, 6) is -1.68. The Morgan fingerprint density at radius 2 is 1.31 bits per heavy atom. The molecular weight excluding hydrogens is 691 g/mol. The Hall–Kier alpha value is -6.52. The first-order valence-corrected chi connectivity index (χ1v) is 18.5. The number of ether oxygens (including phenoxy) is 1. The number of carbonyl (C=O) groups is 3. The SMILES string of the molecule is O=C(N[C@@H](Cc1cn(C(c2ccccc2)(c2ccccc2)c2ccccc2)cn1)C(=O)N1CCC[C@@H](C(=O)O)N1)OCC1c2ccccc2-c2ccccc21. The van der Waals surface area contributed by atoms with Gasteiger partial charge in [-0.25, -0.2) is 15.2 Å². The lowest BCUT2D eigenvalue weighted by Crippen LogP contribution is -2.60. The van der Waals surface area contributed by atoms with Crippen LogP contribution in [0.5, 0.6) is 0 Å². The van der Waals surface area contributed by atoms with Crippen molar-refractivity contribution in [3.8, 4) is 11.1 Å². The minimum atomic E-state index is -1.11. The number of carbonyl (C=O) groups excluding carboxylic acids is 2.